The van der Waals surface area contributed by atoms with Crippen molar-refractivity contribution in [2.45, 2.75) is 45.3 Å². The van der Waals surface area contributed by atoms with E-state index in [0.29, 0.717) is 19.4 Å². The molecule has 0 aliphatic carbocycles. The predicted molar refractivity (Wildman–Crippen MR) is 87.7 cm³/mol. The summed E-state index contributed by atoms with van der Waals surface area (Å²) in [7, 11) is 0. The summed E-state index contributed by atoms with van der Waals surface area (Å²) in [6, 6.07) is 5.21. The van der Waals surface area contributed by atoms with Crippen LogP contribution < -0.4 is 5.32 Å². The van der Waals surface area contributed by atoms with Crippen LogP contribution in [-0.2, 0) is 9.53 Å². The Balaban J connectivity index is 2.12. The number of hydrogen-bond donors (Lipinski definition) is 1. The molecule has 8 nitrogen and oxygen atoms in total. The fourth-order valence-electron chi connectivity index (χ4n) is 2.53. The lowest BCUT2D eigenvalue weighted by molar-refractivity contribution is -0.383. The highest BCUT2D eigenvalue weighted by Gasteiger charge is 2.37. The number of likely N-dealkylation sites (tertiary alicyclic amines) is 1. The number of anilines is 1. The first-order chi connectivity index (χ1) is 11.2. The van der Waals surface area contributed by atoms with E-state index < -0.39 is 28.6 Å². The molecule has 1 atom stereocenters. The van der Waals surface area contributed by atoms with E-state index in [1.54, 1.807) is 26.8 Å². The van der Waals surface area contributed by atoms with Crippen LogP contribution in [0, 0.1) is 10.1 Å². The van der Waals surface area contributed by atoms with Crippen molar-refractivity contribution in [2.75, 3.05) is 11.9 Å². The number of carbonyl (C=O) groups is 2. The molecule has 1 saturated heterocycles. The van der Waals surface area contributed by atoms with Crippen molar-refractivity contribution in [1.29, 1.82) is 0 Å². The maximum atomic E-state index is 12.5. The average molecular weight is 335 g/mol. The van der Waals surface area contributed by atoms with Gasteiger partial charge < -0.3 is 10.1 Å². The van der Waals surface area contributed by atoms with E-state index in [2.05, 4.69) is 5.32 Å². The molecule has 0 bridgehead atoms. The highest BCUT2D eigenvalue weighted by molar-refractivity contribution is 5.98. The number of benzene rings is 1. The maximum Gasteiger partial charge on any atom is 0.410 e. The molecule has 0 unspecified atom stereocenters. The normalized spacial score (nSPS) is 17.5. The van der Waals surface area contributed by atoms with Crippen molar-refractivity contribution < 1.29 is 19.2 Å². The summed E-state index contributed by atoms with van der Waals surface area (Å²) < 4.78 is 5.31. The summed E-state index contributed by atoms with van der Waals surface area (Å²) in [5.41, 5.74) is -0.727. The third-order valence-electron chi connectivity index (χ3n) is 3.54. The van der Waals surface area contributed by atoms with Crippen LogP contribution in [0.4, 0.5) is 16.2 Å². The number of nitro groups is 1. The van der Waals surface area contributed by atoms with Gasteiger partial charge in [-0.05, 0) is 39.7 Å². The Bertz CT molecular complexity index is 653. The van der Waals surface area contributed by atoms with Crippen LogP contribution in [0.1, 0.15) is 33.6 Å². The lowest BCUT2D eigenvalue weighted by Crippen LogP contribution is -2.45. The smallest absolute Gasteiger partial charge is 0.410 e. The van der Waals surface area contributed by atoms with Crippen LogP contribution in [-0.4, -0.2) is 40.0 Å². The van der Waals surface area contributed by atoms with Gasteiger partial charge in [-0.3, -0.25) is 19.8 Å². The van der Waals surface area contributed by atoms with E-state index in [-0.39, 0.29) is 11.4 Å². The Labute approximate surface area is 139 Å². The largest absolute Gasteiger partial charge is 0.444 e. The Morgan fingerprint density at radius 3 is 2.62 bits per heavy atom. The van der Waals surface area contributed by atoms with E-state index in [4.69, 9.17) is 4.74 Å². The summed E-state index contributed by atoms with van der Waals surface area (Å²) in [4.78, 5) is 36.5. The SMILES string of the molecule is CC(C)(C)OC(=O)N1CCC[C@H]1C(=O)Nc1ccccc1[N+](=O)[O-]. The molecule has 0 saturated carbocycles. The number of amides is 2. The topological polar surface area (TPSA) is 102 Å². The Hall–Kier alpha value is -2.64. The predicted octanol–water partition coefficient (Wildman–Crippen LogP) is 2.93. The number of carbonyl (C=O) groups excluding carboxylic acids is 2. The molecule has 24 heavy (non-hydrogen) atoms. The van der Waals surface area contributed by atoms with Crippen molar-refractivity contribution in [3.05, 3.63) is 34.4 Å². The van der Waals surface area contributed by atoms with Gasteiger partial charge >= 0.3 is 6.09 Å². The summed E-state index contributed by atoms with van der Waals surface area (Å²) in [5.74, 6) is -0.451. The van der Waals surface area contributed by atoms with Gasteiger partial charge in [0.25, 0.3) is 5.69 Å². The lowest BCUT2D eigenvalue weighted by atomic mass is 10.2. The van der Waals surface area contributed by atoms with Crippen LogP contribution in [0.25, 0.3) is 0 Å². The fourth-order valence-corrected chi connectivity index (χ4v) is 2.53. The van der Waals surface area contributed by atoms with Crippen LogP contribution in [0.5, 0.6) is 0 Å². The number of rotatable bonds is 3. The first kappa shape index (κ1) is 17.7. The van der Waals surface area contributed by atoms with Crippen LogP contribution in [0.15, 0.2) is 24.3 Å². The molecule has 1 heterocycles. The summed E-state index contributed by atoms with van der Waals surface area (Å²) in [6.07, 6.45) is 0.614. The summed E-state index contributed by atoms with van der Waals surface area (Å²) in [6.45, 7) is 5.68. The van der Waals surface area contributed by atoms with Gasteiger partial charge in [0.05, 0.1) is 4.92 Å². The van der Waals surface area contributed by atoms with Crippen LogP contribution in [0.3, 0.4) is 0 Å². The van der Waals surface area contributed by atoms with Crippen LogP contribution >= 0.6 is 0 Å². The second-order valence-corrected chi connectivity index (χ2v) is 6.60. The molecule has 2 rings (SSSR count). The average Bonchev–Trinajstić information content (AvgIpc) is 2.95. The van der Waals surface area contributed by atoms with Crippen LogP contribution in [0.2, 0.25) is 0 Å². The molecule has 0 radical (unpaired) electrons. The minimum Gasteiger partial charge on any atom is -0.444 e. The molecule has 1 aromatic carbocycles. The first-order valence-electron chi connectivity index (χ1n) is 7.73. The zero-order valence-electron chi connectivity index (χ0n) is 13.9. The second-order valence-electron chi connectivity index (χ2n) is 6.60. The van der Waals surface area contributed by atoms with Gasteiger partial charge in [-0.15, -0.1) is 0 Å². The Kier molecular flexibility index (Phi) is 5.06. The lowest BCUT2D eigenvalue weighted by Gasteiger charge is -2.28. The molecule has 0 aromatic heterocycles. The zero-order chi connectivity index (χ0) is 17.9. The van der Waals surface area contributed by atoms with Gasteiger partial charge in [-0.2, -0.15) is 0 Å². The maximum absolute atomic E-state index is 12.5. The van der Waals surface area contributed by atoms with Crippen molar-refractivity contribution in [3.63, 3.8) is 0 Å². The molecule has 1 aliphatic rings. The summed E-state index contributed by atoms with van der Waals surface area (Å²) >= 11 is 0. The highest BCUT2D eigenvalue weighted by atomic mass is 16.6. The Morgan fingerprint density at radius 2 is 2.00 bits per heavy atom. The Morgan fingerprint density at radius 1 is 1.33 bits per heavy atom. The number of hydrogen-bond acceptors (Lipinski definition) is 5. The van der Waals surface area contributed by atoms with Gasteiger partial charge in [0.15, 0.2) is 0 Å². The molecule has 1 aromatic rings. The van der Waals surface area contributed by atoms with E-state index >= 15 is 0 Å². The number of nitro benzene ring substituents is 1. The van der Waals surface area contributed by atoms with Crippen molar-refractivity contribution in [3.8, 4) is 0 Å². The van der Waals surface area contributed by atoms with E-state index in [9.17, 15) is 19.7 Å². The molecule has 130 valence electrons. The van der Waals surface area contributed by atoms with E-state index in [1.165, 1.54) is 23.1 Å². The van der Waals surface area contributed by atoms with E-state index in [1.807, 2.05) is 0 Å². The number of nitrogens with zero attached hydrogens (tertiary/aromatic N) is 2. The molecule has 1 fully saturated rings. The van der Waals surface area contributed by atoms with Gasteiger partial charge in [-0.1, -0.05) is 12.1 Å². The molecule has 2 amide bonds. The number of ether oxygens (including phenoxy) is 1. The van der Waals surface area contributed by atoms with Gasteiger partial charge in [0.2, 0.25) is 5.91 Å². The molecular formula is C16H21N3O5. The fraction of sp³-hybridized carbons (Fsp3) is 0.500. The first-order valence-corrected chi connectivity index (χ1v) is 7.73. The minimum absolute atomic E-state index is 0.114. The van der Waals surface area contributed by atoms with Crippen molar-refractivity contribution in [1.82, 2.24) is 4.90 Å². The monoisotopic (exact) mass is 335 g/mol. The van der Waals surface area contributed by atoms with Gasteiger partial charge in [0, 0.05) is 12.6 Å². The quantitative estimate of drug-likeness (QED) is 0.676. The second kappa shape index (κ2) is 6.86. The summed E-state index contributed by atoms with van der Waals surface area (Å²) in [5, 5.41) is 13.6. The van der Waals surface area contributed by atoms with E-state index in [0.717, 1.165) is 0 Å². The molecule has 8 heteroatoms. The zero-order valence-corrected chi connectivity index (χ0v) is 13.9. The van der Waals surface area contributed by atoms with Crippen molar-refractivity contribution in [2.24, 2.45) is 0 Å². The number of para-hydroxylation sites is 2. The molecule has 1 aliphatic heterocycles. The minimum atomic E-state index is -0.695. The highest BCUT2D eigenvalue weighted by Crippen LogP contribution is 2.26. The third kappa shape index (κ3) is 4.21. The van der Waals surface area contributed by atoms with Crippen molar-refractivity contribution >= 4 is 23.4 Å². The third-order valence-corrected chi connectivity index (χ3v) is 3.54. The molecule has 1 N–H and O–H groups in total. The number of nitrogens with one attached hydrogen (secondary N) is 1. The van der Waals surface area contributed by atoms with Gasteiger partial charge in [0.1, 0.15) is 17.3 Å². The molecular weight excluding hydrogens is 314 g/mol. The van der Waals surface area contributed by atoms with Gasteiger partial charge in [-0.25, -0.2) is 4.79 Å². The standard InChI is InChI=1S/C16H21N3O5/c1-16(2,3)24-15(21)18-10-6-9-13(18)14(20)17-11-7-4-5-8-12(11)19(22)23/h4-5,7-8,13H,6,9-10H2,1-3H3,(H,17,20)/t13-/m0/s1. The molecule has 0 spiro atoms.